The first-order chi connectivity index (χ1) is 11.7. The molecule has 0 spiro atoms. The van der Waals surface area contributed by atoms with Crippen LogP contribution in [0.2, 0.25) is 0 Å². The summed E-state index contributed by atoms with van der Waals surface area (Å²) in [4.78, 5) is 11.8. The molecule has 0 bridgehead atoms. The molecule has 6 atom stereocenters. The van der Waals surface area contributed by atoms with Crippen LogP contribution in [-0.4, -0.2) is 28.1 Å². The molecule has 0 aromatic heterocycles. The van der Waals surface area contributed by atoms with E-state index in [0.717, 1.165) is 30.4 Å². The Kier molecular flexibility index (Phi) is 3.62. The van der Waals surface area contributed by atoms with E-state index >= 15 is 0 Å². The van der Waals surface area contributed by atoms with Crippen molar-refractivity contribution in [3.8, 4) is 0 Å². The van der Waals surface area contributed by atoms with E-state index in [-0.39, 0.29) is 22.7 Å². The van der Waals surface area contributed by atoms with Crippen molar-refractivity contribution < 1.29 is 19.7 Å². The minimum atomic E-state index is -1.56. The van der Waals surface area contributed by atoms with Gasteiger partial charge in [0.25, 0.3) is 0 Å². The van der Waals surface area contributed by atoms with Gasteiger partial charge in [-0.05, 0) is 53.9 Å². The Morgan fingerprint density at radius 2 is 2.12 bits per heavy atom. The van der Waals surface area contributed by atoms with Gasteiger partial charge in [0.1, 0.15) is 0 Å². The van der Waals surface area contributed by atoms with E-state index < -0.39 is 17.9 Å². The first-order valence-corrected chi connectivity index (χ1v) is 9.39. The summed E-state index contributed by atoms with van der Waals surface area (Å²) < 4.78 is 5.55. The van der Waals surface area contributed by atoms with Crippen LogP contribution in [0.4, 0.5) is 0 Å². The minimum Gasteiger partial charge on any atom is -0.429 e. The van der Waals surface area contributed by atoms with Crippen LogP contribution >= 0.6 is 0 Å². The number of rotatable bonds is 1. The molecule has 0 radical (unpaired) electrons. The summed E-state index contributed by atoms with van der Waals surface area (Å²) in [5.41, 5.74) is 1.98. The molecule has 4 nitrogen and oxygen atoms in total. The van der Waals surface area contributed by atoms with Crippen LogP contribution < -0.4 is 0 Å². The Morgan fingerprint density at radius 3 is 2.84 bits per heavy atom. The first-order valence-electron chi connectivity index (χ1n) is 9.39. The van der Waals surface area contributed by atoms with Crippen LogP contribution in [0, 0.1) is 22.7 Å². The van der Waals surface area contributed by atoms with Gasteiger partial charge in [0.2, 0.25) is 5.79 Å². The summed E-state index contributed by atoms with van der Waals surface area (Å²) in [7, 11) is 0. The number of carbonyl (C=O) groups is 1. The lowest BCUT2D eigenvalue weighted by Crippen LogP contribution is -2.56. The Bertz CT molecular complexity index is 705. The second-order valence-electron chi connectivity index (χ2n) is 8.89. The van der Waals surface area contributed by atoms with E-state index in [0.29, 0.717) is 12.8 Å². The number of hydrogen-bond acceptors (Lipinski definition) is 4. The molecule has 25 heavy (non-hydrogen) atoms. The SMILES string of the molecule is CC(=O)O[C@]1(O)C[C@@H]2C[C@@H](O)C=C[C@]2(C)[C@H]2CC[C@]3(C)CC=CC3=C21. The summed E-state index contributed by atoms with van der Waals surface area (Å²) >= 11 is 0. The second-order valence-corrected chi connectivity index (χ2v) is 8.89. The van der Waals surface area contributed by atoms with Crippen molar-refractivity contribution in [2.24, 2.45) is 22.7 Å². The molecule has 4 rings (SSSR count). The van der Waals surface area contributed by atoms with Crippen molar-refractivity contribution in [2.75, 3.05) is 0 Å². The third-order valence-electron chi connectivity index (χ3n) is 7.22. The van der Waals surface area contributed by atoms with E-state index in [4.69, 9.17) is 4.74 Å². The van der Waals surface area contributed by atoms with E-state index in [1.165, 1.54) is 6.92 Å². The number of carbonyl (C=O) groups excluding carboxylic acids is 1. The number of aliphatic hydroxyl groups is 2. The van der Waals surface area contributed by atoms with Gasteiger partial charge >= 0.3 is 5.97 Å². The molecule has 0 aromatic carbocycles. The number of aliphatic hydroxyl groups excluding tert-OH is 1. The summed E-state index contributed by atoms with van der Waals surface area (Å²) in [6, 6.07) is 0. The summed E-state index contributed by atoms with van der Waals surface area (Å²) in [5.74, 6) is -1.80. The fraction of sp³-hybridized carbons (Fsp3) is 0.667. The van der Waals surface area contributed by atoms with Gasteiger partial charge in [0, 0.05) is 18.9 Å². The van der Waals surface area contributed by atoms with E-state index in [9.17, 15) is 15.0 Å². The molecule has 0 heterocycles. The molecule has 4 aliphatic rings. The van der Waals surface area contributed by atoms with Gasteiger partial charge in [-0.3, -0.25) is 4.79 Å². The van der Waals surface area contributed by atoms with Crippen LogP contribution in [0.25, 0.3) is 0 Å². The maximum absolute atomic E-state index is 11.8. The number of allylic oxidation sites excluding steroid dienone is 4. The van der Waals surface area contributed by atoms with Crippen molar-refractivity contribution in [1.29, 1.82) is 0 Å². The average Bonchev–Trinajstić information content (AvgIpc) is 2.90. The molecule has 1 saturated carbocycles. The van der Waals surface area contributed by atoms with Crippen LogP contribution in [0.3, 0.4) is 0 Å². The van der Waals surface area contributed by atoms with Gasteiger partial charge in [-0.15, -0.1) is 0 Å². The smallest absolute Gasteiger partial charge is 0.305 e. The van der Waals surface area contributed by atoms with Gasteiger partial charge in [-0.25, -0.2) is 0 Å². The molecule has 0 amide bonds. The molecule has 0 aliphatic heterocycles. The fourth-order valence-corrected chi connectivity index (χ4v) is 5.86. The standard InChI is InChI=1S/C21H28O4/c1-13(22)25-21(24)12-14-11-15(23)6-10-20(14,3)17-7-9-19(2)8-4-5-16(19)18(17)21/h4-6,10,14-15,17,23-24H,7-9,11-12H2,1-3H3/t14-,15-,17-,19-,20-,21+/m0/s1. The number of fused-ring (bicyclic) bond motifs is 4. The lowest BCUT2D eigenvalue weighted by Gasteiger charge is -2.57. The molecule has 0 aromatic rings. The van der Waals surface area contributed by atoms with Crippen molar-refractivity contribution in [3.63, 3.8) is 0 Å². The third kappa shape index (κ3) is 2.37. The van der Waals surface area contributed by atoms with E-state index in [2.05, 4.69) is 32.1 Å². The Balaban J connectivity index is 1.90. The Labute approximate surface area is 149 Å². The topological polar surface area (TPSA) is 66.8 Å². The van der Waals surface area contributed by atoms with E-state index in [1.54, 1.807) is 0 Å². The summed E-state index contributed by atoms with van der Waals surface area (Å²) in [6.07, 6.45) is 11.8. The van der Waals surface area contributed by atoms with Gasteiger partial charge in [-0.2, -0.15) is 0 Å². The number of ether oxygens (including phenoxy) is 1. The van der Waals surface area contributed by atoms with Crippen LogP contribution in [0.15, 0.2) is 35.5 Å². The third-order valence-corrected chi connectivity index (χ3v) is 7.22. The predicted octanol–water partition coefficient (Wildman–Crippen LogP) is 3.26. The maximum atomic E-state index is 11.8. The quantitative estimate of drug-likeness (QED) is 0.435. The maximum Gasteiger partial charge on any atom is 0.305 e. The highest BCUT2D eigenvalue weighted by molar-refractivity contribution is 5.67. The minimum absolute atomic E-state index is 0.0288. The lowest BCUT2D eigenvalue weighted by atomic mass is 9.49. The van der Waals surface area contributed by atoms with Gasteiger partial charge < -0.3 is 14.9 Å². The highest BCUT2D eigenvalue weighted by atomic mass is 16.7. The molecule has 4 heteroatoms. The summed E-state index contributed by atoms with van der Waals surface area (Å²) in [6.45, 7) is 5.84. The highest BCUT2D eigenvalue weighted by Crippen LogP contribution is 2.63. The normalized spacial score (nSPS) is 48.0. The molecule has 0 unspecified atom stereocenters. The Hall–Kier alpha value is -1.39. The lowest BCUT2D eigenvalue weighted by molar-refractivity contribution is -0.218. The predicted molar refractivity (Wildman–Crippen MR) is 94.3 cm³/mol. The molecule has 2 N–H and O–H groups in total. The van der Waals surface area contributed by atoms with Crippen LogP contribution in [-0.2, 0) is 9.53 Å². The number of esters is 1. The zero-order valence-electron chi connectivity index (χ0n) is 15.3. The second kappa shape index (κ2) is 5.31. The average molecular weight is 344 g/mol. The highest BCUT2D eigenvalue weighted by Gasteiger charge is 2.60. The molecule has 0 saturated heterocycles. The molecule has 136 valence electrons. The van der Waals surface area contributed by atoms with Crippen molar-refractivity contribution in [1.82, 2.24) is 0 Å². The Morgan fingerprint density at radius 1 is 1.36 bits per heavy atom. The zero-order valence-corrected chi connectivity index (χ0v) is 15.3. The monoisotopic (exact) mass is 344 g/mol. The molecular weight excluding hydrogens is 316 g/mol. The number of hydrogen-bond donors (Lipinski definition) is 2. The van der Waals surface area contributed by atoms with Crippen LogP contribution in [0.5, 0.6) is 0 Å². The fourth-order valence-electron chi connectivity index (χ4n) is 5.86. The van der Waals surface area contributed by atoms with Crippen molar-refractivity contribution in [2.45, 2.75) is 64.8 Å². The first kappa shape index (κ1) is 17.0. The van der Waals surface area contributed by atoms with Gasteiger partial charge in [0.15, 0.2) is 0 Å². The van der Waals surface area contributed by atoms with Crippen LogP contribution in [0.1, 0.15) is 52.9 Å². The van der Waals surface area contributed by atoms with E-state index in [1.807, 2.05) is 6.08 Å². The zero-order chi connectivity index (χ0) is 18.0. The molecule has 1 fully saturated rings. The largest absolute Gasteiger partial charge is 0.429 e. The summed E-state index contributed by atoms with van der Waals surface area (Å²) in [5, 5.41) is 21.6. The van der Waals surface area contributed by atoms with Gasteiger partial charge in [0.05, 0.1) is 6.10 Å². The van der Waals surface area contributed by atoms with Crippen molar-refractivity contribution >= 4 is 5.97 Å². The van der Waals surface area contributed by atoms with Crippen molar-refractivity contribution in [3.05, 3.63) is 35.5 Å². The molecule has 4 aliphatic carbocycles. The van der Waals surface area contributed by atoms with Gasteiger partial charge in [-0.1, -0.05) is 38.2 Å². The molecular formula is C21H28O4.